The Morgan fingerprint density at radius 1 is 1.17 bits per heavy atom. The summed E-state index contributed by atoms with van der Waals surface area (Å²) in [7, 11) is 0. The Bertz CT molecular complexity index is 975. The zero-order chi connectivity index (χ0) is 19.5. The standard InChI is InChI=1S/C22H24ClN3O2.ClH/c23-19-7-3-1-5-15(19)17(18-12-25-20-8-4-2-6-16(18)20)13-26-22(27)21-10-9-14(11-24)28-21;/h1-8,12,14,17,21,25H,9-11,13,24H2,(H,26,27);1H/t14-,17?,21+;/m1./s1. The first-order valence-electron chi connectivity index (χ1n) is 9.61. The number of hydrogen-bond donors (Lipinski definition) is 3. The Morgan fingerprint density at radius 3 is 2.69 bits per heavy atom. The molecule has 29 heavy (non-hydrogen) atoms. The molecule has 0 saturated carbocycles. The summed E-state index contributed by atoms with van der Waals surface area (Å²) in [6, 6.07) is 15.9. The number of benzene rings is 2. The highest BCUT2D eigenvalue weighted by Gasteiger charge is 2.30. The van der Waals surface area contributed by atoms with Gasteiger partial charge in [-0.05, 0) is 36.1 Å². The minimum atomic E-state index is -0.427. The second-order valence-electron chi connectivity index (χ2n) is 7.17. The molecule has 4 rings (SSSR count). The molecule has 1 fully saturated rings. The number of carbonyl (C=O) groups excluding carboxylic acids is 1. The van der Waals surface area contributed by atoms with Crippen LogP contribution in [0.25, 0.3) is 10.9 Å². The largest absolute Gasteiger partial charge is 0.364 e. The molecule has 0 aliphatic carbocycles. The molecule has 1 aliphatic rings. The predicted molar refractivity (Wildman–Crippen MR) is 119 cm³/mol. The summed E-state index contributed by atoms with van der Waals surface area (Å²) in [4.78, 5) is 16.0. The third-order valence-corrected chi connectivity index (χ3v) is 5.76. The lowest BCUT2D eigenvalue weighted by Crippen LogP contribution is -2.37. The maximum absolute atomic E-state index is 12.6. The number of amides is 1. The number of fused-ring (bicyclic) bond motifs is 1. The highest BCUT2D eigenvalue weighted by Crippen LogP contribution is 2.34. The van der Waals surface area contributed by atoms with Crippen LogP contribution in [0.3, 0.4) is 0 Å². The van der Waals surface area contributed by atoms with Crippen molar-refractivity contribution in [2.45, 2.75) is 31.0 Å². The number of halogens is 2. The van der Waals surface area contributed by atoms with Gasteiger partial charge in [0.25, 0.3) is 0 Å². The van der Waals surface area contributed by atoms with Gasteiger partial charge in [0.1, 0.15) is 6.10 Å². The summed E-state index contributed by atoms with van der Waals surface area (Å²) in [6.45, 7) is 0.888. The van der Waals surface area contributed by atoms with Gasteiger partial charge in [-0.3, -0.25) is 4.79 Å². The van der Waals surface area contributed by atoms with Gasteiger partial charge in [-0.2, -0.15) is 0 Å². The van der Waals surface area contributed by atoms with E-state index in [9.17, 15) is 4.79 Å². The Kier molecular flexibility index (Phi) is 7.19. The van der Waals surface area contributed by atoms with Crippen molar-refractivity contribution >= 4 is 40.8 Å². The minimum absolute atomic E-state index is 0. The number of aromatic amines is 1. The van der Waals surface area contributed by atoms with E-state index >= 15 is 0 Å². The van der Waals surface area contributed by atoms with E-state index in [0.717, 1.165) is 28.5 Å². The van der Waals surface area contributed by atoms with Gasteiger partial charge in [0.2, 0.25) is 5.91 Å². The number of rotatable bonds is 6. The fraction of sp³-hybridized carbons (Fsp3) is 0.318. The summed E-state index contributed by atoms with van der Waals surface area (Å²) < 4.78 is 5.73. The van der Waals surface area contributed by atoms with Crippen molar-refractivity contribution in [2.24, 2.45) is 5.73 Å². The summed E-state index contributed by atoms with van der Waals surface area (Å²) in [5, 5.41) is 4.88. The second-order valence-corrected chi connectivity index (χ2v) is 7.58. The molecule has 154 valence electrons. The van der Waals surface area contributed by atoms with Gasteiger partial charge in [-0.1, -0.05) is 48.0 Å². The van der Waals surface area contributed by atoms with Crippen LogP contribution < -0.4 is 11.1 Å². The van der Waals surface area contributed by atoms with Crippen LogP contribution >= 0.6 is 24.0 Å². The predicted octanol–water partition coefficient (Wildman–Crippen LogP) is 4.00. The first-order chi connectivity index (χ1) is 13.7. The lowest BCUT2D eigenvalue weighted by molar-refractivity contribution is -0.131. The number of hydrogen-bond acceptors (Lipinski definition) is 3. The fourth-order valence-corrected chi connectivity index (χ4v) is 4.18. The van der Waals surface area contributed by atoms with E-state index < -0.39 is 6.10 Å². The van der Waals surface area contributed by atoms with Gasteiger partial charge < -0.3 is 20.8 Å². The Hall–Kier alpha value is -2.05. The number of carbonyl (C=O) groups is 1. The zero-order valence-corrected chi connectivity index (χ0v) is 17.5. The fourth-order valence-electron chi connectivity index (χ4n) is 3.92. The molecule has 1 amide bonds. The van der Waals surface area contributed by atoms with E-state index in [1.165, 1.54) is 0 Å². The molecule has 2 heterocycles. The Balaban J connectivity index is 0.00000240. The topological polar surface area (TPSA) is 80.1 Å². The van der Waals surface area contributed by atoms with E-state index in [1.807, 2.05) is 48.7 Å². The van der Waals surface area contributed by atoms with E-state index in [1.54, 1.807) is 0 Å². The molecule has 1 aromatic heterocycles. The normalized spacial score (nSPS) is 19.7. The number of para-hydroxylation sites is 1. The molecule has 0 bridgehead atoms. The van der Waals surface area contributed by atoms with E-state index in [4.69, 9.17) is 22.1 Å². The number of ether oxygens (including phenoxy) is 1. The van der Waals surface area contributed by atoms with Crippen molar-refractivity contribution in [2.75, 3.05) is 13.1 Å². The molecule has 5 nitrogen and oxygen atoms in total. The molecule has 3 atom stereocenters. The monoisotopic (exact) mass is 433 g/mol. The van der Waals surface area contributed by atoms with Crippen molar-refractivity contribution < 1.29 is 9.53 Å². The third kappa shape index (κ3) is 4.59. The van der Waals surface area contributed by atoms with Gasteiger partial charge in [-0.15, -0.1) is 12.4 Å². The van der Waals surface area contributed by atoms with Gasteiger partial charge in [0.05, 0.1) is 6.10 Å². The quantitative estimate of drug-likeness (QED) is 0.549. The van der Waals surface area contributed by atoms with Crippen LogP contribution in [-0.2, 0) is 9.53 Å². The molecule has 7 heteroatoms. The first kappa shape index (κ1) is 21.7. The van der Waals surface area contributed by atoms with Gasteiger partial charge >= 0.3 is 0 Å². The molecule has 1 saturated heterocycles. The lowest BCUT2D eigenvalue weighted by Gasteiger charge is -2.21. The second kappa shape index (κ2) is 9.63. The smallest absolute Gasteiger partial charge is 0.249 e. The van der Waals surface area contributed by atoms with Crippen molar-refractivity contribution in [3.05, 3.63) is 70.9 Å². The van der Waals surface area contributed by atoms with Crippen LogP contribution in [0, 0.1) is 0 Å². The average Bonchev–Trinajstić information content (AvgIpc) is 3.37. The Morgan fingerprint density at radius 2 is 1.93 bits per heavy atom. The molecule has 0 spiro atoms. The maximum Gasteiger partial charge on any atom is 0.249 e. The summed E-state index contributed by atoms with van der Waals surface area (Å²) in [5.41, 5.74) is 8.81. The van der Waals surface area contributed by atoms with Gasteiger partial charge in [0, 0.05) is 41.1 Å². The summed E-state index contributed by atoms with van der Waals surface area (Å²) >= 11 is 6.51. The Labute approximate surface area is 181 Å². The first-order valence-corrected chi connectivity index (χ1v) is 9.99. The number of aromatic nitrogens is 1. The van der Waals surface area contributed by atoms with E-state index in [2.05, 4.69) is 16.4 Å². The van der Waals surface area contributed by atoms with Gasteiger partial charge in [-0.25, -0.2) is 0 Å². The van der Waals surface area contributed by atoms with Crippen LogP contribution in [-0.4, -0.2) is 36.2 Å². The van der Waals surface area contributed by atoms with E-state index in [-0.39, 0.29) is 30.3 Å². The number of H-pyrrole nitrogens is 1. The molecule has 0 radical (unpaired) electrons. The molecule has 1 unspecified atom stereocenters. The average molecular weight is 434 g/mol. The van der Waals surface area contributed by atoms with E-state index in [0.29, 0.717) is 24.5 Å². The summed E-state index contributed by atoms with van der Waals surface area (Å²) in [5.74, 6) is -0.159. The SMILES string of the molecule is Cl.NC[C@H]1CC[C@@H](C(=O)NCC(c2ccccc2Cl)c2c[nH]c3ccccc23)O1. The van der Waals surface area contributed by atoms with Crippen LogP contribution in [0.2, 0.25) is 5.02 Å². The van der Waals surface area contributed by atoms with Gasteiger partial charge in [0.15, 0.2) is 0 Å². The van der Waals surface area contributed by atoms with Crippen LogP contribution in [0.5, 0.6) is 0 Å². The van der Waals surface area contributed by atoms with Crippen molar-refractivity contribution in [3.8, 4) is 0 Å². The summed E-state index contributed by atoms with van der Waals surface area (Å²) in [6.07, 6.45) is 3.08. The highest BCUT2D eigenvalue weighted by molar-refractivity contribution is 6.31. The molecule has 3 aromatic rings. The van der Waals surface area contributed by atoms with Crippen molar-refractivity contribution in [1.82, 2.24) is 10.3 Å². The molecular formula is C22H25Cl2N3O2. The minimum Gasteiger partial charge on any atom is -0.364 e. The third-order valence-electron chi connectivity index (χ3n) is 5.42. The number of nitrogens with one attached hydrogen (secondary N) is 2. The number of nitrogens with two attached hydrogens (primary N) is 1. The molecular weight excluding hydrogens is 409 g/mol. The van der Waals surface area contributed by atoms with Crippen molar-refractivity contribution in [1.29, 1.82) is 0 Å². The molecule has 2 aromatic carbocycles. The highest BCUT2D eigenvalue weighted by atomic mass is 35.5. The van der Waals surface area contributed by atoms with Crippen molar-refractivity contribution in [3.63, 3.8) is 0 Å². The van der Waals surface area contributed by atoms with Crippen LogP contribution in [0.4, 0.5) is 0 Å². The molecule has 4 N–H and O–H groups in total. The lowest BCUT2D eigenvalue weighted by atomic mass is 9.90. The zero-order valence-electron chi connectivity index (χ0n) is 15.9. The van der Waals surface area contributed by atoms with Crippen LogP contribution in [0.15, 0.2) is 54.7 Å². The van der Waals surface area contributed by atoms with Crippen LogP contribution in [0.1, 0.15) is 29.9 Å². The molecule has 1 aliphatic heterocycles. The maximum atomic E-state index is 12.6.